The van der Waals surface area contributed by atoms with Crippen molar-refractivity contribution in [2.75, 3.05) is 0 Å². The molecule has 0 unspecified atom stereocenters. The Labute approximate surface area is 70.8 Å². The average Bonchev–Trinajstić information content (AvgIpc) is 2.30. The van der Waals surface area contributed by atoms with Crippen molar-refractivity contribution in [3.63, 3.8) is 0 Å². The van der Waals surface area contributed by atoms with Crippen LogP contribution in [-0.4, -0.2) is 10.2 Å². The van der Waals surface area contributed by atoms with Gasteiger partial charge in [0, 0.05) is 5.56 Å². The summed E-state index contributed by atoms with van der Waals surface area (Å²) in [4.78, 5) is 11.3. The molecule has 1 aliphatic rings. The van der Waals surface area contributed by atoms with Gasteiger partial charge in [0.15, 0.2) is 0 Å². The number of nitrogens with one attached hydrogen (secondary N) is 1. The van der Waals surface area contributed by atoms with E-state index < -0.39 is 0 Å². The number of rotatable bonds is 0. The van der Waals surface area contributed by atoms with E-state index in [1.54, 1.807) is 6.20 Å². The minimum atomic E-state index is 0.00870. The molecule has 0 saturated carbocycles. The van der Waals surface area contributed by atoms with Crippen LogP contribution in [0.4, 0.5) is 0 Å². The summed E-state index contributed by atoms with van der Waals surface area (Å²) < 4.78 is 0. The molecule has 2 rings (SSSR count). The lowest BCUT2D eigenvalue weighted by Crippen LogP contribution is -2.15. The van der Waals surface area contributed by atoms with E-state index in [1.807, 2.05) is 0 Å². The van der Waals surface area contributed by atoms with E-state index in [1.165, 1.54) is 12.8 Å². The molecule has 1 aliphatic carbocycles. The Morgan fingerprint density at radius 2 is 2.08 bits per heavy atom. The number of hydrogen-bond acceptors (Lipinski definition) is 2. The highest BCUT2D eigenvalue weighted by molar-refractivity contribution is 5.21. The molecule has 0 aliphatic heterocycles. The van der Waals surface area contributed by atoms with Crippen LogP contribution >= 0.6 is 0 Å². The smallest absolute Gasteiger partial charge is 0.267 e. The number of nitrogens with zero attached hydrogens (tertiary/aromatic N) is 1. The van der Waals surface area contributed by atoms with Gasteiger partial charge in [-0.2, -0.15) is 5.10 Å². The second-order valence-corrected chi connectivity index (χ2v) is 3.26. The van der Waals surface area contributed by atoms with Crippen molar-refractivity contribution in [2.24, 2.45) is 0 Å². The lowest BCUT2D eigenvalue weighted by molar-refractivity contribution is 0.711. The molecule has 3 nitrogen and oxygen atoms in total. The average molecular weight is 164 g/mol. The van der Waals surface area contributed by atoms with Crippen LogP contribution < -0.4 is 5.56 Å². The zero-order valence-corrected chi connectivity index (χ0v) is 6.97. The molecule has 1 N–H and O–H groups in total. The van der Waals surface area contributed by atoms with Gasteiger partial charge in [0.1, 0.15) is 0 Å². The summed E-state index contributed by atoms with van der Waals surface area (Å²) in [5, 5.41) is 6.28. The van der Waals surface area contributed by atoms with E-state index >= 15 is 0 Å². The van der Waals surface area contributed by atoms with Gasteiger partial charge in [0.05, 0.1) is 6.20 Å². The molecule has 0 aromatic carbocycles. The number of aryl methyl sites for hydroxylation is 1. The van der Waals surface area contributed by atoms with Gasteiger partial charge in [-0.05, 0) is 31.2 Å². The van der Waals surface area contributed by atoms with Gasteiger partial charge in [-0.1, -0.05) is 6.42 Å². The maximum atomic E-state index is 11.3. The first-order chi connectivity index (χ1) is 5.88. The Hall–Kier alpha value is -1.12. The maximum Gasteiger partial charge on any atom is 0.267 e. The van der Waals surface area contributed by atoms with Crippen molar-refractivity contribution in [1.29, 1.82) is 0 Å². The highest BCUT2D eigenvalue weighted by atomic mass is 16.1. The standard InChI is InChI=1S/C9H12N2O/c12-9-8-5-3-1-2-4-7(8)6-10-11-9/h6H,1-5H2,(H,11,12). The van der Waals surface area contributed by atoms with Crippen molar-refractivity contribution in [3.8, 4) is 0 Å². The number of hydrogen-bond donors (Lipinski definition) is 1. The summed E-state index contributed by atoms with van der Waals surface area (Å²) in [6, 6.07) is 0. The Morgan fingerprint density at radius 1 is 1.25 bits per heavy atom. The SMILES string of the molecule is O=c1[nH]ncc2c1CCCCC2. The quantitative estimate of drug-likeness (QED) is 0.582. The van der Waals surface area contributed by atoms with Gasteiger partial charge < -0.3 is 0 Å². The van der Waals surface area contributed by atoms with Crippen molar-refractivity contribution in [1.82, 2.24) is 10.2 Å². The molecule has 0 amide bonds. The number of aromatic amines is 1. The summed E-state index contributed by atoms with van der Waals surface area (Å²) in [6.45, 7) is 0. The first-order valence-corrected chi connectivity index (χ1v) is 4.43. The van der Waals surface area contributed by atoms with E-state index in [9.17, 15) is 4.79 Å². The number of aromatic nitrogens is 2. The molecule has 3 heteroatoms. The topological polar surface area (TPSA) is 45.8 Å². The van der Waals surface area contributed by atoms with Gasteiger partial charge in [0.25, 0.3) is 5.56 Å². The van der Waals surface area contributed by atoms with Crippen LogP contribution in [0.25, 0.3) is 0 Å². The fourth-order valence-electron chi connectivity index (χ4n) is 1.74. The third kappa shape index (κ3) is 1.26. The Bertz CT molecular complexity index is 330. The lowest BCUT2D eigenvalue weighted by atomic mass is 10.1. The Balaban J connectivity index is 2.49. The predicted molar refractivity (Wildman–Crippen MR) is 46.1 cm³/mol. The van der Waals surface area contributed by atoms with Crippen molar-refractivity contribution >= 4 is 0 Å². The normalized spacial score (nSPS) is 16.7. The third-order valence-corrected chi connectivity index (χ3v) is 2.42. The van der Waals surface area contributed by atoms with E-state index in [0.29, 0.717) is 0 Å². The first kappa shape index (κ1) is 7.53. The highest BCUT2D eigenvalue weighted by Crippen LogP contribution is 2.15. The number of H-pyrrole nitrogens is 1. The fraction of sp³-hybridized carbons (Fsp3) is 0.556. The van der Waals surface area contributed by atoms with Crippen LogP contribution in [0.3, 0.4) is 0 Å². The summed E-state index contributed by atoms with van der Waals surface area (Å²) in [5.41, 5.74) is 2.12. The van der Waals surface area contributed by atoms with Crippen LogP contribution in [0.5, 0.6) is 0 Å². The summed E-state index contributed by atoms with van der Waals surface area (Å²) in [6.07, 6.45) is 7.30. The first-order valence-electron chi connectivity index (χ1n) is 4.43. The predicted octanol–water partition coefficient (Wildman–Crippen LogP) is 1.04. The molecule has 64 valence electrons. The summed E-state index contributed by atoms with van der Waals surface area (Å²) in [5.74, 6) is 0. The molecular formula is C9H12N2O. The molecule has 12 heavy (non-hydrogen) atoms. The molecule has 0 atom stereocenters. The summed E-state index contributed by atoms with van der Waals surface area (Å²) in [7, 11) is 0. The van der Waals surface area contributed by atoms with Gasteiger partial charge in [-0.15, -0.1) is 0 Å². The summed E-state index contributed by atoms with van der Waals surface area (Å²) >= 11 is 0. The zero-order chi connectivity index (χ0) is 8.39. The Kier molecular flexibility index (Phi) is 1.94. The van der Waals surface area contributed by atoms with Gasteiger partial charge in [-0.3, -0.25) is 4.79 Å². The van der Waals surface area contributed by atoms with Crippen molar-refractivity contribution in [3.05, 3.63) is 27.7 Å². The lowest BCUT2D eigenvalue weighted by Gasteiger charge is -2.00. The fourth-order valence-corrected chi connectivity index (χ4v) is 1.74. The van der Waals surface area contributed by atoms with Crippen LogP contribution in [0.15, 0.2) is 11.0 Å². The van der Waals surface area contributed by atoms with E-state index in [0.717, 1.165) is 30.4 Å². The van der Waals surface area contributed by atoms with Gasteiger partial charge >= 0.3 is 0 Å². The van der Waals surface area contributed by atoms with Crippen molar-refractivity contribution < 1.29 is 0 Å². The molecule has 0 bridgehead atoms. The second-order valence-electron chi connectivity index (χ2n) is 3.26. The minimum absolute atomic E-state index is 0.00870. The monoisotopic (exact) mass is 164 g/mol. The number of fused-ring (bicyclic) bond motifs is 1. The third-order valence-electron chi connectivity index (χ3n) is 2.42. The second kappa shape index (κ2) is 3.09. The molecule has 0 spiro atoms. The van der Waals surface area contributed by atoms with Crippen LogP contribution in [0.2, 0.25) is 0 Å². The molecule has 0 saturated heterocycles. The molecule has 1 aromatic rings. The highest BCUT2D eigenvalue weighted by Gasteiger charge is 2.10. The van der Waals surface area contributed by atoms with Crippen LogP contribution in [-0.2, 0) is 12.8 Å². The molecule has 1 aromatic heterocycles. The van der Waals surface area contributed by atoms with Gasteiger partial charge in [0.2, 0.25) is 0 Å². The maximum absolute atomic E-state index is 11.3. The zero-order valence-electron chi connectivity index (χ0n) is 6.97. The minimum Gasteiger partial charge on any atom is -0.268 e. The van der Waals surface area contributed by atoms with E-state index in [-0.39, 0.29) is 5.56 Å². The van der Waals surface area contributed by atoms with E-state index in [4.69, 9.17) is 0 Å². The largest absolute Gasteiger partial charge is 0.268 e. The van der Waals surface area contributed by atoms with Gasteiger partial charge in [-0.25, -0.2) is 5.10 Å². The Morgan fingerprint density at radius 3 is 3.00 bits per heavy atom. The molecular weight excluding hydrogens is 152 g/mol. The molecule has 0 radical (unpaired) electrons. The van der Waals surface area contributed by atoms with Crippen molar-refractivity contribution in [2.45, 2.75) is 32.1 Å². The molecule has 1 heterocycles. The van der Waals surface area contributed by atoms with Crippen LogP contribution in [0.1, 0.15) is 30.4 Å². The molecule has 0 fully saturated rings. The van der Waals surface area contributed by atoms with Crippen LogP contribution in [0, 0.1) is 0 Å². The van der Waals surface area contributed by atoms with E-state index in [2.05, 4.69) is 10.2 Å².